The van der Waals surface area contributed by atoms with Crippen molar-refractivity contribution in [2.45, 2.75) is 283 Å². The van der Waals surface area contributed by atoms with E-state index in [0.29, 0.717) is 25.9 Å². The molecule has 3 N–H and O–H groups in total. The first kappa shape index (κ1) is 54.6. The van der Waals surface area contributed by atoms with Gasteiger partial charge in [0, 0.05) is 12.8 Å². The van der Waals surface area contributed by atoms with E-state index < -0.39 is 12.1 Å². The molecule has 0 fully saturated rings. The second-order valence-corrected chi connectivity index (χ2v) is 17.1. The molecule has 0 aliphatic carbocycles. The van der Waals surface area contributed by atoms with E-state index in [-0.39, 0.29) is 18.5 Å². The Hall–Kier alpha value is -1.40. The van der Waals surface area contributed by atoms with Crippen molar-refractivity contribution in [3.05, 3.63) is 12.2 Å². The molecule has 0 aliphatic rings. The summed E-state index contributed by atoms with van der Waals surface area (Å²) in [6.45, 7) is 4.87. The van der Waals surface area contributed by atoms with E-state index >= 15 is 0 Å². The summed E-state index contributed by atoms with van der Waals surface area (Å²) in [5.41, 5.74) is 0. The first-order chi connectivity index (χ1) is 27.5. The summed E-state index contributed by atoms with van der Waals surface area (Å²) in [7, 11) is 0. The minimum atomic E-state index is -0.693. The van der Waals surface area contributed by atoms with E-state index in [1.165, 1.54) is 167 Å². The zero-order valence-corrected chi connectivity index (χ0v) is 37.6. The predicted molar refractivity (Wildman–Crippen MR) is 241 cm³/mol. The molecular formula is C50H97NO5. The Bertz CT molecular complexity index is 832. The van der Waals surface area contributed by atoms with E-state index in [0.717, 1.165) is 70.6 Å². The van der Waals surface area contributed by atoms with Gasteiger partial charge in [-0.05, 0) is 44.9 Å². The smallest absolute Gasteiger partial charge is 0.305 e. The molecule has 2 atom stereocenters. The Morgan fingerprint density at radius 3 is 1.30 bits per heavy atom. The lowest BCUT2D eigenvalue weighted by Gasteiger charge is -2.22. The zero-order valence-electron chi connectivity index (χ0n) is 37.6. The molecule has 0 rings (SSSR count). The fraction of sp³-hybridized carbons (Fsp3) is 0.920. The average molecular weight is 792 g/mol. The molecule has 1 amide bonds. The first-order valence-electron chi connectivity index (χ1n) is 24.9. The monoisotopic (exact) mass is 792 g/mol. The van der Waals surface area contributed by atoms with Gasteiger partial charge in [-0.2, -0.15) is 0 Å². The topological polar surface area (TPSA) is 95.9 Å². The van der Waals surface area contributed by atoms with Crippen molar-refractivity contribution in [1.29, 1.82) is 0 Å². The number of carbonyl (C=O) groups excluding carboxylic acids is 2. The summed E-state index contributed by atoms with van der Waals surface area (Å²) in [6.07, 6.45) is 51.8. The van der Waals surface area contributed by atoms with Crippen LogP contribution in [0.2, 0.25) is 0 Å². The molecule has 0 aromatic carbocycles. The summed E-state index contributed by atoms with van der Waals surface area (Å²) >= 11 is 0. The van der Waals surface area contributed by atoms with Crippen molar-refractivity contribution >= 4 is 11.9 Å². The molecule has 0 heterocycles. The Labute approximate surface area is 349 Å². The number of amides is 1. The van der Waals surface area contributed by atoms with Crippen molar-refractivity contribution in [1.82, 2.24) is 5.32 Å². The van der Waals surface area contributed by atoms with Crippen molar-refractivity contribution < 1.29 is 24.5 Å². The maximum absolute atomic E-state index is 12.4. The van der Waals surface area contributed by atoms with Crippen LogP contribution < -0.4 is 5.32 Å². The molecule has 0 saturated heterocycles. The van der Waals surface area contributed by atoms with Crippen molar-refractivity contribution in [3.8, 4) is 0 Å². The van der Waals surface area contributed by atoms with Crippen molar-refractivity contribution in [3.63, 3.8) is 0 Å². The van der Waals surface area contributed by atoms with Crippen LogP contribution >= 0.6 is 0 Å². The van der Waals surface area contributed by atoms with Crippen LogP contribution in [-0.4, -0.2) is 47.4 Å². The number of hydrogen-bond donors (Lipinski definition) is 3. The summed E-state index contributed by atoms with van der Waals surface area (Å²) in [5, 5.41) is 23.2. The van der Waals surface area contributed by atoms with E-state index in [1.807, 2.05) is 0 Å². The highest BCUT2D eigenvalue weighted by Gasteiger charge is 2.20. The van der Waals surface area contributed by atoms with Crippen LogP contribution in [0.4, 0.5) is 0 Å². The second-order valence-electron chi connectivity index (χ2n) is 17.1. The largest absolute Gasteiger partial charge is 0.466 e. The Morgan fingerprint density at radius 1 is 0.482 bits per heavy atom. The van der Waals surface area contributed by atoms with Gasteiger partial charge in [-0.1, -0.05) is 225 Å². The molecule has 0 aliphatic heterocycles. The molecule has 0 aromatic rings. The fourth-order valence-electron chi connectivity index (χ4n) is 7.70. The number of unbranched alkanes of at least 4 members (excludes halogenated alkanes) is 33. The van der Waals surface area contributed by atoms with E-state index in [9.17, 15) is 19.8 Å². The van der Waals surface area contributed by atoms with Gasteiger partial charge in [0.25, 0.3) is 0 Å². The number of ether oxygens (including phenoxy) is 1. The highest BCUT2D eigenvalue weighted by atomic mass is 16.5. The molecule has 0 aromatic heterocycles. The minimum Gasteiger partial charge on any atom is -0.466 e. The van der Waals surface area contributed by atoms with E-state index in [1.54, 1.807) is 0 Å². The average Bonchev–Trinajstić information content (AvgIpc) is 3.20. The molecule has 332 valence electrons. The molecule has 0 spiro atoms. The van der Waals surface area contributed by atoms with Gasteiger partial charge < -0.3 is 20.3 Å². The van der Waals surface area contributed by atoms with E-state index in [4.69, 9.17) is 4.74 Å². The fourth-order valence-corrected chi connectivity index (χ4v) is 7.70. The molecule has 56 heavy (non-hydrogen) atoms. The van der Waals surface area contributed by atoms with Crippen LogP contribution in [0.5, 0.6) is 0 Å². The third-order valence-corrected chi connectivity index (χ3v) is 11.6. The number of esters is 1. The van der Waals surface area contributed by atoms with Crippen LogP contribution in [0.3, 0.4) is 0 Å². The van der Waals surface area contributed by atoms with Crippen molar-refractivity contribution in [2.75, 3.05) is 13.2 Å². The quantitative estimate of drug-likeness (QED) is 0.0324. The van der Waals surface area contributed by atoms with Gasteiger partial charge in [-0.3, -0.25) is 9.59 Å². The summed E-state index contributed by atoms with van der Waals surface area (Å²) in [4.78, 5) is 24.4. The molecule has 2 unspecified atom stereocenters. The normalized spacial score (nSPS) is 12.7. The van der Waals surface area contributed by atoms with Gasteiger partial charge >= 0.3 is 5.97 Å². The zero-order chi connectivity index (χ0) is 40.8. The number of aliphatic hydroxyl groups excluding tert-OH is 2. The van der Waals surface area contributed by atoms with Crippen LogP contribution in [0.1, 0.15) is 271 Å². The summed E-state index contributed by atoms with van der Waals surface area (Å²) < 4.78 is 5.43. The third-order valence-electron chi connectivity index (χ3n) is 11.6. The van der Waals surface area contributed by atoms with E-state index in [2.05, 4.69) is 31.3 Å². The standard InChI is InChI=1S/C50H97NO5/c1-3-5-7-9-11-13-15-17-18-19-20-22-23-26-30-34-38-42-48(53)47(46-52)51-49(54)43-39-35-31-27-25-29-33-37-41-45-56-50(55)44-40-36-32-28-24-21-16-14-12-10-8-6-4-2/h27,31,47-48,52-53H,3-26,28-30,32-46H2,1-2H3,(H,51,54)/b31-27-. The Kier molecular flexibility index (Phi) is 45.1. The lowest BCUT2D eigenvalue weighted by atomic mass is 10.0. The molecule has 6 nitrogen and oxygen atoms in total. The first-order valence-corrected chi connectivity index (χ1v) is 24.9. The molecule has 6 heteroatoms. The van der Waals surface area contributed by atoms with Crippen LogP contribution in [0.25, 0.3) is 0 Å². The van der Waals surface area contributed by atoms with Gasteiger partial charge in [0.1, 0.15) is 0 Å². The van der Waals surface area contributed by atoms with Crippen LogP contribution in [0.15, 0.2) is 12.2 Å². The van der Waals surface area contributed by atoms with Gasteiger partial charge in [0.15, 0.2) is 0 Å². The Balaban J connectivity index is 3.54. The molecule has 0 saturated carbocycles. The van der Waals surface area contributed by atoms with Gasteiger partial charge in [0.2, 0.25) is 5.91 Å². The second kappa shape index (κ2) is 46.3. The maximum Gasteiger partial charge on any atom is 0.305 e. The highest BCUT2D eigenvalue weighted by Crippen LogP contribution is 2.16. The lowest BCUT2D eigenvalue weighted by Crippen LogP contribution is -2.45. The third kappa shape index (κ3) is 42.2. The molecule has 0 radical (unpaired) electrons. The van der Waals surface area contributed by atoms with Crippen LogP contribution in [-0.2, 0) is 14.3 Å². The van der Waals surface area contributed by atoms with Gasteiger partial charge in [-0.25, -0.2) is 0 Å². The number of allylic oxidation sites excluding steroid dienone is 2. The summed E-state index contributed by atoms with van der Waals surface area (Å²) in [6, 6.07) is -0.577. The molecular weight excluding hydrogens is 695 g/mol. The number of hydrogen-bond acceptors (Lipinski definition) is 5. The number of nitrogens with one attached hydrogen (secondary N) is 1. The molecule has 0 bridgehead atoms. The van der Waals surface area contributed by atoms with Gasteiger partial charge in [-0.15, -0.1) is 0 Å². The van der Waals surface area contributed by atoms with Gasteiger partial charge in [0.05, 0.1) is 25.4 Å². The number of carbonyl (C=O) groups is 2. The SMILES string of the molecule is CCCCCCCCCCCCCCCCCCCC(O)C(CO)NC(=O)CCC/C=C\CCCCCCOC(=O)CCCCCCCCCCCCCCC. The number of aliphatic hydroxyl groups is 2. The Morgan fingerprint density at radius 2 is 0.857 bits per heavy atom. The van der Waals surface area contributed by atoms with Crippen LogP contribution in [0, 0.1) is 0 Å². The lowest BCUT2D eigenvalue weighted by molar-refractivity contribution is -0.143. The van der Waals surface area contributed by atoms with Crippen molar-refractivity contribution in [2.24, 2.45) is 0 Å². The summed E-state index contributed by atoms with van der Waals surface area (Å²) in [5.74, 6) is -0.127. The minimum absolute atomic E-state index is 0.0338. The number of rotatable bonds is 46. The maximum atomic E-state index is 12.4. The predicted octanol–water partition coefficient (Wildman–Crippen LogP) is 14.6. The highest BCUT2D eigenvalue weighted by molar-refractivity contribution is 5.76.